The fourth-order valence-corrected chi connectivity index (χ4v) is 3.11. The number of hydrogen-bond donors (Lipinski definition) is 0. The average molecular weight is 270 g/mol. The molecule has 3 rings (SSSR count). The highest BCUT2D eigenvalue weighted by atomic mass is 16.2. The molecule has 0 aliphatic carbocycles. The van der Waals surface area contributed by atoms with Crippen LogP contribution in [0.15, 0.2) is 42.0 Å². The Bertz CT molecular complexity index is 509. The maximum atomic E-state index is 12.2. The number of amides is 1. The van der Waals surface area contributed by atoms with Gasteiger partial charge in [0.25, 0.3) is 0 Å². The number of anilines is 1. The van der Waals surface area contributed by atoms with E-state index in [4.69, 9.17) is 0 Å². The van der Waals surface area contributed by atoms with Crippen LogP contribution in [0.2, 0.25) is 0 Å². The summed E-state index contributed by atoms with van der Waals surface area (Å²) in [5.74, 6) is 0.736. The molecule has 1 atom stereocenters. The van der Waals surface area contributed by atoms with Crippen LogP contribution in [0.1, 0.15) is 19.8 Å². The van der Waals surface area contributed by atoms with Crippen LogP contribution >= 0.6 is 0 Å². The first-order valence-corrected chi connectivity index (χ1v) is 7.46. The molecule has 2 aliphatic heterocycles. The van der Waals surface area contributed by atoms with Crippen LogP contribution in [0.4, 0.5) is 5.69 Å². The van der Waals surface area contributed by atoms with Crippen molar-refractivity contribution in [1.82, 2.24) is 4.90 Å². The molecule has 2 aliphatic rings. The van der Waals surface area contributed by atoms with E-state index in [1.807, 2.05) is 35.2 Å². The van der Waals surface area contributed by atoms with Crippen LogP contribution in [0.3, 0.4) is 0 Å². The Kier molecular flexibility index (Phi) is 3.88. The molecule has 0 spiro atoms. The van der Waals surface area contributed by atoms with Crippen LogP contribution in [-0.4, -0.2) is 37.0 Å². The van der Waals surface area contributed by atoms with Gasteiger partial charge < -0.3 is 4.90 Å². The van der Waals surface area contributed by atoms with E-state index >= 15 is 0 Å². The molecule has 0 radical (unpaired) electrons. The van der Waals surface area contributed by atoms with Crippen LogP contribution < -0.4 is 4.90 Å². The molecule has 1 amide bonds. The molecule has 20 heavy (non-hydrogen) atoms. The first kappa shape index (κ1) is 13.4. The lowest BCUT2D eigenvalue weighted by Crippen LogP contribution is -2.34. The molecule has 1 aromatic rings. The monoisotopic (exact) mass is 270 g/mol. The zero-order chi connectivity index (χ0) is 13.9. The lowest BCUT2D eigenvalue weighted by Gasteiger charge is -2.27. The van der Waals surface area contributed by atoms with Gasteiger partial charge in [-0.25, -0.2) is 0 Å². The molecule has 3 nitrogen and oxygen atoms in total. The Hall–Kier alpha value is -1.61. The van der Waals surface area contributed by atoms with Crippen LogP contribution in [0.25, 0.3) is 0 Å². The number of carbonyl (C=O) groups is 1. The summed E-state index contributed by atoms with van der Waals surface area (Å²) in [7, 11) is 0. The van der Waals surface area contributed by atoms with Gasteiger partial charge in [0.15, 0.2) is 0 Å². The molecule has 3 heteroatoms. The van der Waals surface area contributed by atoms with E-state index < -0.39 is 0 Å². The van der Waals surface area contributed by atoms with E-state index in [-0.39, 0.29) is 5.91 Å². The molecule has 0 unspecified atom stereocenters. The standard InChI is InChI=1S/C17H22N2O/c1-14-7-9-18(10-8-14)12-15-11-17(20)19(13-15)16-5-3-2-4-6-16/h2-7,15H,8-13H2,1H3/t15-/m0/s1. The van der Waals surface area contributed by atoms with E-state index in [0.29, 0.717) is 12.3 Å². The van der Waals surface area contributed by atoms with Crippen molar-refractivity contribution in [2.45, 2.75) is 19.8 Å². The Morgan fingerprint density at radius 1 is 1.25 bits per heavy atom. The number of para-hydroxylation sites is 1. The van der Waals surface area contributed by atoms with E-state index in [0.717, 1.165) is 31.9 Å². The SMILES string of the molecule is CC1=CCN(C[C@@H]2CC(=O)N(c3ccccc3)C2)CC1. The first-order chi connectivity index (χ1) is 9.72. The minimum Gasteiger partial charge on any atom is -0.312 e. The molecule has 0 saturated carbocycles. The lowest BCUT2D eigenvalue weighted by molar-refractivity contribution is -0.117. The van der Waals surface area contributed by atoms with Crippen molar-refractivity contribution in [3.63, 3.8) is 0 Å². The summed E-state index contributed by atoms with van der Waals surface area (Å²) in [6, 6.07) is 10.0. The average Bonchev–Trinajstić information content (AvgIpc) is 2.83. The smallest absolute Gasteiger partial charge is 0.227 e. The van der Waals surface area contributed by atoms with Gasteiger partial charge in [0.05, 0.1) is 0 Å². The zero-order valence-electron chi connectivity index (χ0n) is 12.1. The Morgan fingerprint density at radius 2 is 2.05 bits per heavy atom. The summed E-state index contributed by atoms with van der Waals surface area (Å²) in [5, 5.41) is 0. The summed E-state index contributed by atoms with van der Waals surface area (Å²) >= 11 is 0. The molecular weight excluding hydrogens is 248 g/mol. The van der Waals surface area contributed by atoms with Crippen molar-refractivity contribution in [3.8, 4) is 0 Å². The second-order valence-corrected chi connectivity index (χ2v) is 5.97. The van der Waals surface area contributed by atoms with Gasteiger partial charge >= 0.3 is 0 Å². The van der Waals surface area contributed by atoms with Gasteiger partial charge in [0.1, 0.15) is 0 Å². The maximum absolute atomic E-state index is 12.2. The van der Waals surface area contributed by atoms with Gasteiger partial charge in [0.2, 0.25) is 5.91 Å². The molecule has 1 saturated heterocycles. The highest BCUT2D eigenvalue weighted by Crippen LogP contribution is 2.26. The Morgan fingerprint density at radius 3 is 2.75 bits per heavy atom. The summed E-state index contributed by atoms with van der Waals surface area (Å²) in [4.78, 5) is 16.6. The second-order valence-electron chi connectivity index (χ2n) is 5.97. The number of carbonyl (C=O) groups excluding carboxylic acids is 1. The molecular formula is C17H22N2O. The predicted octanol–water partition coefficient (Wildman–Crippen LogP) is 2.69. The van der Waals surface area contributed by atoms with Crippen LogP contribution in [0, 0.1) is 5.92 Å². The number of hydrogen-bond acceptors (Lipinski definition) is 2. The molecule has 0 aromatic heterocycles. The van der Waals surface area contributed by atoms with Crippen molar-refractivity contribution >= 4 is 11.6 Å². The maximum Gasteiger partial charge on any atom is 0.227 e. The topological polar surface area (TPSA) is 23.6 Å². The van der Waals surface area contributed by atoms with Crippen LogP contribution in [0.5, 0.6) is 0 Å². The lowest BCUT2D eigenvalue weighted by atomic mass is 10.1. The highest BCUT2D eigenvalue weighted by molar-refractivity contribution is 5.95. The summed E-state index contributed by atoms with van der Waals surface area (Å²) in [5.41, 5.74) is 2.53. The third kappa shape index (κ3) is 2.93. The summed E-state index contributed by atoms with van der Waals surface area (Å²) in [6.45, 7) is 6.29. The fourth-order valence-electron chi connectivity index (χ4n) is 3.11. The fraction of sp³-hybridized carbons (Fsp3) is 0.471. The van der Waals surface area contributed by atoms with E-state index in [2.05, 4.69) is 17.9 Å². The Labute approximate surface area is 120 Å². The quantitative estimate of drug-likeness (QED) is 0.788. The van der Waals surface area contributed by atoms with Gasteiger partial charge in [-0.3, -0.25) is 9.69 Å². The van der Waals surface area contributed by atoms with Crippen molar-refractivity contribution in [2.24, 2.45) is 5.92 Å². The normalized spacial score (nSPS) is 24.1. The second kappa shape index (κ2) is 5.80. The van der Waals surface area contributed by atoms with Crippen molar-refractivity contribution in [1.29, 1.82) is 0 Å². The number of benzene rings is 1. The summed E-state index contributed by atoms with van der Waals surface area (Å²) in [6.07, 6.45) is 4.17. The van der Waals surface area contributed by atoms with Gasteiger partial charge in [0, 0.05) is 38.3 Å². The molecule has 0 N–H and O–H groups in total. The highest BCUT2D eigenvalue weighted by Gasteiger charge is 2.31. The van der Waals surface area contributed by atoms with E-state index in [9.17, 15) is 4.79 Å². The van der Waals surface area contributed by atoms with Gasteiger partial charge in [-0.15, -0.1) is 0 Å². The molecule has 106 valence electrons. The zero-order valence-corrected chi connectivity index (χ0v) is 12.1. The molecule has 2 heterocycles. The molecule has 1 aromatic carbocycles. The van der Waals surface area contributed by atoms with E-state index in [1.165, 1.54) is 12.0 Å². The van der Waals surface area contributed by atoms with Crippen molar-refractivity contribution < 1.29 is 4.79 Å². The third-order valence-corrected chi connectivity index (χ3v) is 4.31. The van der Waals surface area contributed by atoms with Gasteiger partial charge in [-0.1, -0.05) is 29.8 Å². The number of nitrogens with zero attached hydrogens (tertiary/aromatic N) is 2. The third-order valence-electron chi connectivity index (χ3n) is 4.31. The molecule has 1 fully saturated rings. The Balaban J connectivity index is 1.60. The minimum absolute atomic E-state index is 0.268. The van der Waals surface area contributed by atoms with E-state index in [1.54, 1.807) is 0 Å². The molecule has 0 bridgehead atoms. The number of rotatable bonds is 3. The van der Waals surface area contributed by atoms with Crippen molar-refractivity contribution in [2.75, 3.05) is 31.1 Å². The first-order valence-electron chi connectivity index (χ1n) is 7.46. The summed E-state index contributed by atoms with van der Waals surface area (Å²) < 4.78 is 0. The van der Waals surface area contributed by atoms with Gasteiger partial charge in [-0.05, 0) is 31.4 Å². The van der Waals surface area contributed by atoms with Gasteiger partial charge in [-0.2, -0.15) is 0 Å². The predicted molar refractivity (Wildman–Crippen MR) is 81.7 cm³/mol. The van der Waals surface area contributed by atoms with Crippen molar-refractivity contribution in [3.05, 3.63) is 42.0 Å². The minimum atomic E-state index is 0.268. The van der Waals surface area contributed by atoms with Crippen LogP contribution in [-0.2, 0) is 4.79 Å². The largest absolute Gasteiger partial charge is 0.312 e.